The molecule has 0 aliphatic carbocycles. The molecule has 0 aromatic carbocycles. The van der Waals surface area contributed by atoms with Crippen molar-refractivity contribution in [2.24, 2.45) is 5.92 Å². The molecule has 1 amide bonds. The molecule has 2 bridgehead atoms. The van der Waals surface area contributed by atoms with Crippen LogP contribution in [-0.4, -0.2) is 53.4 Å². The van der Waals surface area contributed by atoms with Gasteiger partial charge >= 0.3 is 12.0 Å². The van der Waals surface area contributed by atoms with Crippen molar-refractivity contribution in [3.05, 3.63) is 29.8 Å². The van der Waals surface area contributed by atoms with Gasteiger partial charge in [0, 0.05) is 36.8 Å². The van der Waals surface area contributed by atoms with Gasteiger partial charge in [-0.15, -0.1) is 0 Å². The van der Waals surface area contributed by atoms with Crippen LogP contribution in [0.25, 0.3) is 11.0 Å². The number of nitrogens with one attached hydrogen (secondary N) is 1. The number of nitrogens with zero attached hydrogens (tertiary/aromatic N) is 2. The first-order valence-corrected chi connectivity index (χ1v) is 7.85. The summed E-state index contributed by atoms with van der Waals surface area (Å²) in [4.78, 5) is 29.8. The van der Waals surface area contributed by atoms with E-state index in [9.17, 15) is 22.8 Å². The SMILES string of the molecule is O=C(NC1CN2CC[C@H]1C2)c1cc2oc(C(=O)C(F)(F)F)cc2cn1. The zero-order chi connectivity index (χ0) is 17.8. The zero-order valence-electron chi connectivity index (χ0n) is 13.0. The Hall–Kier alpha value is -2.42. The molecule has 132 valence electrons. The van der Waals surface area contributed by atoms with Crippen LogP contribution in [0.4, 0.5) is 13.2 Å². The molecule has 4 heterocycles. The van der Waals surface area contributed by atoms with E-state index < -0.39 is 23.6 Å². The molecule has 2 aromatic heterocycles. The number of alkyl halides is 3. The number of furan rings is 1. The van der Waals surface area contributed by atoms with E-state index in [2.05, 4.69) is 15.2 Å². The first-order chi connectivity index (χ1) is 11.8. The highest BCUT2D eigenvalue weighted by molar-refractivity contribution is 6.02. The Morgan fingerprint density at radius 2 is 2.08 bits per heavy atom. The molecule has 25 heavy (non-hydrogen) atoms. The minimum absolute atomic E-state index is 0.0180. The summed E-state index contributed by atoms with van der Waals surface area (Å²) in [6.45, 7) is 2.81. The summed E-state index contributed by atoms with van der Waals surface area (Å²) in [7, 11) is 0. The second kappa shape index (κ2) is 5.55. The van der Waals surface area contributed by atoms with Crippen LogP contribution in [0, 0.1) is 5.92 Å². The van der Waals surface area contributed by atoms with Crippen molar-refractivity contribution in [1.82, 2.24) is 15.2 Å². The van der Waals surface area contributed by atoms with Gasteiger partial charge in [0.05, 0.1) is 0 Å². The third-order valence-electron chi connectivity index (χ3n) is 4.76. The second-order valence-electron chi connectivity index (χ2n) is 6.43. The molecule has 6 nitrogen and oxygen atoms in total. The van der Waals surface area contributed by atoms with Crippen molar-refractivity contribution in [3.63, 3.8) is 0 Å². The third-order valence-corrected chi connectivity index (χ3v) is 4.76. The quantitative estimate of drug-likeness (QED) is 0.855. The molecule has 4 rings (SSSR count). The summed E-state index contributed by atoms with van der Waals surface area (Å²) >= 11 is 0. The van der Waals surface area contributed by atoms with Gasteiger partial charge in [-0.1, -0.05) is 0 Å². The number of carbonyl (C=O) groups excluding carboxylic acids is 2. The minimum Gasteiger partial charge on any atom is -0.452 e. The number of piperidine rings is 1. The predicted molar refractivity (Wildman–Crippen MR) is 80.2 cm³/mol. The monoisotopic (exact) mass is 353 g/mol. The normalized spacial score (nSPS) is 25.5. The van der Waals surface area contributed by atoms with Crippen LogP contribution in [-0.2, 0) is 0 Å². The zero-order valence-corrected chi connectivity index (χ0v) is 13.0. The standard InChI is InChI=1S/C16H14F3N3O3/c17-16(18,19)14(23)13-3-9-5-20-10(4-12(9)25-13)15(24)21-11-7-22-2-1-8(11)6-22/h3-5,8,11H,1-2,6-7H2,(H,21,24)/t8-,11?/m0/s1. The largest absolute Gasteiger partial charge is 0.458 e. The maximum atomic E-state index is 12.5. The number of rotatable bonds is 3. The fraction of sp³-hybridized carbons (Fsp3) is 0.438. The van der Waals surface area contributed by atoms with Crippen LogP contribution < -0.4 is 5.32 Å². The smallest absolute Gasteiger partial charge is 0.452 e. The molecule has 0 radical (unpaired) electrons. The number of halogens is 3. The van der Waals surface area contributed by atoms with E-state index in [1.807, 2.05) is 0 Å². The van der Waals surface area contributed by atoms with Crippen molar-refractivity contribution in [1.29, 1.82) is 0 Å². The van der Waals surface area contributed by atoms with E-state index in [0.29, 0.717) is 5.92 Å². The predicted octanol–water partition coefficient (Wildman–Crippen LogP) is 2.01. The van der Waals surface area contributed by atoms with Gasteiger partial charge in [-0.2, -0.15) is 13.2 Å². The Labute approximate surface area is 140 Å². The van der Waals surface area contributed by atoms with Gasteiger partial charge in [0.15, 0.2) is 5.76 Å². The summed E-state index contributed by atoms with van der Waals surface area (Å²) in [6.07, 6.45) is -2.75. The molecular weight excluding hydrogens is 339 g/mol. The summed E-state index contributed by atoms with van der Waals surface area (Å²) in [5.74, 6) is -2.86. The van der Waals surface area contributed by atoms with E-state index in [1.165, 1.54) is 12.3 Å². The van der Waals surface area contributed by atoms with Crippen LogP contribution in [0.15, 0.2) is 22.7 Å². The molecule has 2 aliphatic rings. The number of fused-ring (bicyclic) bond motifs is 3. The number of amides is 1. The van der Waals surface area contributed by atoms with Crippen molar-refractivity contribution in [2.75, 3.05) is 19.6 Å². The molecule has 2 aromatic rings. The topological polar surface area (TPSA) is 75.4 Å². The lowest BCUT2D eigenvalue weighted by molar-refractivity contribution is -0.0898. The lowest BCUT2D eigenvalue weighted by Gasteiger charge is -2.22. The van der Waals surface area contributed by atoms with Crippen molar-refractivity contribution in [3.8, 4) is 0 Å². The second-order valence-corrected chi connectivity index (χ2v) is 6.43. The fourth-order valence-corrected chi connectivity index (χ4v) is 3.50. The first-order valence-electron chi connectivity index (χ1n) is 7.85. The number of carbonyl (C=O) groups is 2. The van der Waals surface area contributed by atoms with Gasteiger partial charge in [-0.05, 0) is 24.9 Å². The van der Waals surface area contributed by atoms with Gasteiger partial charge in [0.25, 0.3) is 5.91 Å². The fourth-order valence-electron chi connectivity index (χ4n) is 3.50. The van der Waals surface area contributed by atoms with E-state index >= 15 is 0 Å². The summed E-state index contributed by atoms with van der Waals surface area (Å²) in [5.41, 5.74) is 0.0649. The first kappa shape index (κ1) is 16.1. The number of Topliss-reactive ketones (excluding diaryl/α,β-unsaturated/α-hetero) is 1. The van der Waals surface area contributed by atoms with Gasteiger partial charge in [0.2, 0.25) is 0 Å². The van der Waals surface area contributed by atoms with Crippen molar-refractivity contribution >= 4 is 22.7 Å². The Kier molecular flexibility index (Phi) is 3.57. The number of ketones is 1. The Balaban J connectivity index is 1.54. The van der Waals surface area contributed by atoms with E-state index in [0.717, 1.165) is 32.1 Å². The van der Waals surface area contributed by atoms with Gasteiger partial charge in [-0.3, -0.25) is 14.6 Å². The number of pyridine rings is 1. The number of aromatic nitrogens is 1. The maximum absolute atomic E-state index is 12.5. The lowest BCUT2D eigenvalue weighted by atomic mass is 10.00. The molecular formula is C16H14F3N3O3. The van der Waals surface area contributed by atoms with Crippen LogP contribution in [0.2, 0.25) is 0 Å². The van der Waals surface area contributed by atoms with Crippen LogP contribution >= 0.6 is 0 Å². The third kappa shape index (κ3) is 2.88. The Morgan fingerprint density at radius 1 is 1.28 bits per heavy atom. The summed E-state index contributed by atoms with van der Waals surface area (Å²) < 4.78 is 42.4. The maximum Gasteiger partial charge on any atom is 0.458 e. The molecule has 2 aliphatic heterocycles. The highest BCUT2D eigenvalue weighted by Crippen LogP contribution is 2.29. The molecule has 2 fully saturated rings. The molecule has 0 saturated carbocycles. The number of hydrogen-bond acceptors (Lipinski definition) is 5. The average molecular weight is 353 g/mol. The molecule has 2 unspecified atom stereocenters. The molecule has 3 atom stereocenters. The molecule has 0 spiro atoms. The summed E-state index contributed by atoms with van der Waals surface area (Å²) in [6, 6.07) is 2.28. The van der Waals surface area contributed by atoms with E-state index in [4.69, 9.17) is 4.42 Å². The van der Waals surface area contributed by atoms with Crippen molar-refractivity contribution in [2.45, 2.75) is 18.6 Å². The lowest BCUT2D eigenvalue weighted by Crippen LogP contribution is -2.43. The number of hydrogen-bond donors (Lipinski definition) is 1. The van der Waals surface area contributed by atoms with E-state index in [-0.39, 0.29) is 22.7 Å². The minimum atomic E-state index is -5.02. The van der Waals surface area contributed by atoms with Crippen LogP contribution in [0.3, 0.4) is 0 Å². The molecule has 1 N–H and O–H groups in total. The van der Waals surface area contributed by atoms with Gasteiger partial charge < -0.3 is 14.6 Å². The van der Waals surface area contributed by atoms with E-state index in [1.54, 1.807) is 0 Å². The van der Waals surface area contributed by atoms with Crippen LogP contribution in [0.1, 0.15) is 27.5 Å². The molecule has 2 saturated heterocycles. The van der Waals surface area contributed by atoms with Gasteiger partial charge in [0.1, 0.15) is 11.3 Å². The Morgan fingerprint density at radius 3 is 2.72 bits per heavy atom. The highest BCUT2D eigenvalue weighted by Gasteiger charge is 2.42. The van der Waals surface area contributed by atoms with Crippen LogP contribution in [0.5, 0.6) is 0 Å². The average Bonchev–Trinajstić information content (AvgIpc) is 3.26. The highest BCUT2D eigenvalue weighted by atomic mass is 19.4. The van der Waals surface area contributed by atoms with Gasteiger partial charge in [-0.25, -0.2) is 0 Å². The Bertz CT molecular complexity index is 861. The summed E-state index contributed by atoms with van der Waals surface area (Å²) in [5, 5.41) is 3.15. The van der Waals surface area contributed by atoms with Crippen molar-refractivity contribution < 1.29 is 27.2 Å². The molecule has 9 heteroatoms.